The zero-order chi connectivity index (χ0) is 29.4. The number of hydrogen-bond donors (Lipinski definition) is 2. The predicted molar refractivity (Wildman–Crippen MR) is 152 cm³/mol. The molecule has 2 N–H and O–H groups in total. The van der Waals surface area contributed by atoms with Crippen molar-refractivity contribution in [3.63, 3.8) is 0 Å². The Hall–Kier alpha value is -2.87. The molecule has 0 aromatic heterocycles. The number of para-hydroxylation sites is 1. The molecule has 0 spiro atoms. The van der Waals surface area contributed by atoms with Crippen LogP contribution in [0.3, 0.4) is 0 Å². The van der Waals surface area contributed by atoms with E-state index in [1.807, 2.05) is 72.7 Å². The minimum Gasteiger partial charge on any atom is -0.496 e. The first kappa shape index (κ1) is 33.2. The highest BCUT2D eigenvalue weighted by Gasteiger charge is 2.42. The largest absolute Gasteiger partial charge is 0.496 e. The van der Waals surface area contributed by atoms with Gasteiger partial charge in [0.2, 0.25) is 11.8 Å². The van der Waals surface area contributed by atoms with E-state index in [9.17, 15) is 14.4 Å². The van der Waals surface area contributed by atoms with E-state index in [0.29, 0.717) is 11.3 Å². The summed E-state index contributed by atoms with van der Waals surface area (Å²) in [4.78, 5) is 41.5. The van der Waals surface area contributed by atoms with Gasteiger partial charge >= 0.3 is 5.97 Å². The Balaban J connectivity index is 3.35. The number of carbonyl (C=O) groups is 3. The second-order valence-corrected chi connectivity index (χ2v) is 11.7. The van der Waals surface area contributed by atoms with Crippen LogP contribution in [-0.2, 0) is 24.5 Å². The summed E-state index contributed by atoms with van der Waals surface area (Å²) >= 11 is 0. The summed E-state index contributed by atoms with van der Waals surface area (Å²) in [6.07, 6.45) is 1.77. The molecule has 0 unspecified atom stereocenters. The molecule has 1 aromatic carbocycles. The lowest BCUT2D eigenvalue weighted by molar-refractivity contribution is -0.141. The van der Waals surface area contributed by atoms with Crippen molar-refractivity contribution in [1.29, 1.82) is 0 Å². The van der Waals surface area contributed by atoms with Crippen molar-refractivity contribution < 1.29 is 23.9 Å². The fraction of sp³-hybridized carbons (Fsp3) is 0.633. The van der Waals surface area contributed by atoms with Crippen LogP contribution in [0.25, 0.3) is 0 Å². The maximum atomic E-state index is 13.9. The number of hydrogen-bond acceptors (Lipinski definition) is 6. The number of benzene rings is 1. The van der Waals surface area contributed by atoms with Crippen molar-refractivity contribution >= 4 is 17.8 Å². The normalized spacial score (nSPS) is 14.9. The number of carbonyl (C=O) groups excluding carboxylic acids is 3. The van der Waals surface area contributed by atoms with Crippen molar-refractivity contribution in [2.75, 3.05) is 27.8 Å². The third-order valence-electron chi connectivity index (χ3n) is 6.97. The number of amides is 2. The van der Waals surface area contributed by atoms with Gasteiger partial charge in [-0.15, -0.1) is 0 Å². The van der Waals surface area contributed by atoms with E-state index in [0.717, 1.165) is 5.56 Å². The molecule has 8 heteroatoms. The third kappa shape index (κ3) is 8.06. The zero-order valence-corrected chi connectivity index (χ0v) is 25.4. The van der Waals surface area contributed by atoms with Gasteiger partial charge in [-0.2, -0.15) is 0 Å². The first-order valence-electron chi connectivity index (χ1n) is 13.3. The lowest BCUT2D eigenvalue weighted by Gasteiger charge is -2.40. The van der Waals surface area contributed by atoms with E-state index in [4.69, 9.17) is 9.47 Å². The molecule has 0 saturated carbocycles. The van der Waals surface area contributed by atoms with Crippen molar-refractivity contribution in [3.05, 3.63) is 41.5 Å². The maximum absolute atomic E-state index is 13.9. The zero-order valence-electron chi connectivity index (χ0n) is 25.4. The van der Waals surface area contributed by atoms with E-state index in [-0.39, 0.29) is 30.4 Å². The van der Waals surface area contributed by atoms with Gasteiger partial charge < -0.3 is 25.0 Å². The monoisotopic (exact) mass is 531 g/mol. The second kappa shape index (κ2) is 13.8. The Morgan fingerprint density at radius 1 is 1.05 bits per heavy atom. The summed E-state index contributed by atoms with van der Waals surface area (Å²) < 4.78 is 10.7. The number of rotatable bonds is 12. The highest BCUT2D eigenvalue weighted by Crippen LogP contribution is 2.35. The van der Waals surface area contributed by atoms with Crippen LogP contribution in [0, 0.1) is 11.3 Å². The van der Waals surface area contributed by atoms with Gasteiger partial charge in [0, 0.05) is 23.6 Å². The molecule has 0 aliphatic heterocycles. The molecule has 1 rings (SSSR count). The second-order valence-electron chi connectivity index (χ2n) is 11.7. The highest BCUT2D eigenvalue weighted by molar-refractivity contribution is 5.92. The Kier molecular flexibility index (Phi) is 12.0. The number of methoxy groups -OCH3 is 1. The molecular weight excluding hydrogens is 482 g/mol. The van der Waals surface area contributed by atoms with E-state index in [1.165, 1.54) is 0 Å². The SMILES string of the molecule is CCOC(=O)/C(C)=C/[C@H](C(C)C)N(C)C(=O)[C@@H](NC(=O)[C@@H](NC)C(C)(C)c1ccccc1OC)C(C)(C)C. The molecule has 0 aliphatic rings. The van der Waals surface area contributed by atoms with E-state index < -0.39 is 28.9 Å². The minimum absolute atomic E-state index is 0.0270. The number of nitrogens with one attached hydrogen (secondary N) is 2. The molecule has 38 heavy (non-hydrogen) atoms. The molecule has 8 nitrogen and oxygen atoms in total. The van der Waals surface area contributed by atoms with Gasteiger partial charge in [0.25, 0.3) is 0 Å². The maximum Gasteiger partial charge on any atom is 0.333 e. The van der Waals surface area contributed by atoms with Gasteiger partial charge in [-0.3, -0.25) is 9.59 Å². The van der Waals surface area contributed by atoms with Gasteiger partial charge in [-0.1, -0.05) is 72.7 Å². The number of nitrogens with zero attached hydrogens (tertiary/aromatic N) is 1. The van der Waals surface area contributed by atoms with Crippen LogP contribution in [0.2, 0.25) is 0 Å². The van der Waals surface area contributed by atoms with Crippen LogP contribution in [0.5, 0.6) is 5.75 Å². The van der Waals surface area contributed by atoms with Gasteiger partial charge in [0.1, 0.15) is 11.8 Å². The molecule has 1 aromatic rings. The molecule has 0 bridgehead atoms. The van der Waals surface area contributed by atoms with Gasteiger partial charge in [-0.05, 0) is 38.3 Å². The van der Waals surface area contributed by atoms with Crippen LogP contribution < -0.4 is 15.4 Å². The highest BCUT2D eigenvalue weighted by atomic mass is 16.5. The van der Waals surface area contributed by atoms with Crippen LogP contribution in [-0.4, -0.2) is 68.6 Å². The van der Waals surface area contributed by atoms with Crippen molar-refractivity contribution in [2.24, 2.45) is 11.3 Å². The molecular formula is C30H49N3O5. The lowest BCUT2D eigenvalue weighted by atomic mass is 9.76. The average molecular weight is 532 g/mol. The summed E-state index contributed by atoms with van der Waals surface area (Å²) in [6, 6.07) is 5.81. The fourth-order valence-corrected chi connectivity index (χ4v) is 4.70. The van der Waals surface area contributed by atoms with Gasteiger partial charge in [0.15, 0.2) is 0 Å². The molecule has 0 saturated heterocycles. The Bertz CT molecular complexity index is 994. The molecule has 2 amide bonds. The Morgan fingerprint density at radius 2 is 1.63 bits per heavy atom. The van der Waals surface area contributed by atoms with Crippen LogP contribution >= 0.6 is 0 Å². The topological polar surface area (TPSA) is 97.0 Å². The van der Waals surface area contributed by atoms with E-state index in [2.05, 4.69) is 10.6 Å². The molecule has 0 heterocycles. The summed E-state index contributed by atoms with van der Waals surface area (Å²) in [5.74, 6) is -0.210. The smallest absolute Gasteiger partial charge is 0.333 e. The van der Waals surface area contributed by atoms with Crippen LogP contribution in [0.1, 0.15) is 67.9 Å². The number of esters is 1. The molecule has 0 fully saturated rings. The summed E-state index contributed by atoms with van der Waals surface area (Å²) in [7, 11) is 5.05. The fourth-order valence-electron chi connectivity index (χ4n) is 4.70. The number of likely N-dealkylation sites (N-methyl/N-ethyl adjacent to an activating group) is 2. The van der Waals surface area contributed by atoms with Crippen LogP contribution in [0.4, 0.5) is 0 Å². The minimum atomic E-state index is -0.804. The van der Waals surface area contributed by atoms with Crippen molar-refractivity contribution in [2.45, 2.75) is 85.9 Å². The quantitative estimate of drug-likeness (QED) is 0.312. The standard InChI is InChI=1S/C30H49N3O5/c1-13-38-28(36)20(4)18-22(19(2)3)33(11)27(35)25(29(5,6)7)32-26(34)24(31-10)30(8,9)21-16-14-15-17-23(21)37-12/h14-19,22,24-25,31H,13H2,1-12H3,(H,32,34)/b20-18+/t22-,24-,25-/m1/s1. The first-order valence-corrected chi connectivity index (χ1v) is 13.3. The summed E-state index contributed by atoms with van der Waals surface area (Å²) in [5, 5.41) is 6.20. The summed E-state index contributed by atoms with van der Waals surface area (Å²) in [6.45, 7) is 17.4. The van der Waals surface area contributed by atoms with Gasteiger partial charge in [0.05, 0.1) is 25.8 Å². The van der Waals surface area contributed by atoms with Gasteiger partial charge in [-0.25, -0.2) is 4.79 Å². The Labute approximate surface area is 229 Å². The van der Waals surface area contributed by atoms with E-state index >= 15 is 0 Å². The Morgan fingerprint density at radius 3 is 2.11 bits per heavy atom. The number of ether oxygens (including phenoxy) is 2. The lowest BCUT2D eigenvalue weighted by Crippen LogP contribution is -2.61. The third-order valence-corrected chi connectivity index (χ3v) is 6.97. The van der Waals surface area contributed by atoms with E-state index in [1.54, 1.807) is 46.0 Å². The average Bonchev–Trinajstić information content (AvgIpc) is 2.84. The van der Waals surface area contributed by atoms with Crippen molar-refractivity contribution in [1.82, 2.24) is 15.5 Å². The molecule has 214 valence electrons. The first-order chi connectivity index (χ1) is 17.5. The summed E-state index contributed by atoms with van der Waals surface area (Å²) in [5.41, 5.74) is 0.0977. The molecule has 3 atom stereocenters. The van der Waals surface area contributed by atoms with Crippen LogP contribution in [0.15, 0.2) is 35.9 Å². The van der Waals surface area contributed by atoms with Crippen molar-refractivity contribution in [3.8, 4) is 5.75 Å². The predicted octanol–water partition coefficient (Wildman–Crippen LogP) is 4.08. The molecule has 0 aliphatic carbocycles. The molecule has 0 radical (unpaired) electrons.